The molecule has 0 N–H and O–H groups in total. The molecule has 0 aromatic rings. The molecule has 0 spiro atoms. The van der Waals surface area contributed by atoms with Crippen molar-refractivity contribution in [3.05, 3.63) is 0 Å². The van der Waals surface area contributed by atoms with Crippen molar-refractivity contribution in [1.82, 2.24) is 0 Å². The van der Waals surface area contributed by atoms with Gasteiger partial charge in [0.2, 0.25) is 12.2 Å². The van der Waals surface area contributed by atoms with Crippen LogP contribution in [0.15, 0.2) is 9.98 Å². The fourth-order valence-corrected chi connectivity index (χ4v) is 1.33. The van der Waals surface area contributed by atoms with Crippen LogP contribution in [0.1, 0.15) is 19.8 Å². The molecule has 0 bridgehead atoms. The summed E-state index contributed by atoms with van der Waals surface area (Å²) in [6.07, 6.45) is 4.73. The lowest BCUT2D eigenvalue weighted by Crippen LogP contribution is -2.08. The Kier molecular flexibility index (Phi) is 7.79. The first kappa shape index (κ1) is 12.5. The Labute approximate surface area is 90.7 Å². The predicted molar refractivity (Wildman–Crippen MR) is 57.3 cm³/mol. The first-order valence-corrected chi connectivity index (χ1v) is 5.21. The molecule has 72 valence electrons. The van der Waals surface area contributed by atoms with Gasteiger partial charge in [-0.2, -0.15) is 4.99 Å². The van der Waals surface area contributed by atoms with Gasteiger partial charge in [-0.05, 0) is 18.8 Å². The van der Waals surface area contributed by atoms with E-state index in [0.717, 1.165) is 12.8 Å². The third kappa shape index (κ3) is 6.63. The van der Waals surface area contributed by atoms with E-state index in [-0.39, 0.29) is 4.05 Å². The predicted octanol–water partition coefficient (Wildman–Crippen LogP) is 1.84. The number of rotatable bonds is 6. The Balaban J connectivity index is 3.66. The van der Waals surface area contributed by atoms with Crippen LogP contribution in [-0.2, 0) is 9.59 Å². The van der Waals surface area contributed by atoms with Crippen molar-refractivity contribution in [2.75, 3.05) is 6.54 Å². The second kappa shape index (κ2) is 8.10. The Hall–Kier alpha value is -0.510. The number of isocyanates is 2. The van der Waals surface area contributed by atoms with Crippen LogP contribution in [0.4, 0.5) is 0 Å². The molecule has 0 aromatic carbocycles. The monoisotopic (exact) mass is 294 g/mol. The fourth-order valence-electron chi connectivity index (χ4n) is 0.853. The molecule has 0 saturated carbocycles. The van der Waals surface area contributed by atoms with Crippen LogP contribution in [0, 0.1) is 5.92 Å². The Morgan fingerprint density at radius 1 is 1.38 bits per heavy atom. The van der Waals surface area contributed by atoms with E-state index in [1.54, 1.807) is 0 Å². The van der Waals surface area contributed by atoms with E-state index in [4.69, 9.17) is 0 Å². The molecule has 0 rings (SSSR count). The molecule has 2 unspecified atom stereocenters. The SMILES string of the molecule is CC(CCCN=C=O)C(I)N=C=O. The Morgan fingerprint density at radius 3 is 2.62 bits per heavy atom. The van der Waals surface area contributed by atoms with E-state index in [0.29, 0.717) is 12.5 Å². The highest BCUT2D eigenvalue weighted by Crippen LogP contribution is 2.18. The molecule has 0 saturated heterocycles. The van der Waals surface area contributed by atoms with Gasteiger partial charge in [-0.3, -0.25) is 0 Å². The average molecular weight is 294 g/mol. The van der Waals surface area contributed by atoms with Crippen molar-refractivity contribution in [2.45, 2.75) is 23.8 Å². The maximum absolute atomic E-state index is 9.93. The second-order valence-electron chi connectivity index (χ2n) is 2.69. The van der Waals surface area contributed by atoms with E-state index in [2.05, 4.69) is 32.6 Å². The molecule has 5 heteroatoms. The van der Waals surface area contributed by atoms with Crippen molar-refractivity contribution in [1.29, 1.82) is 0 Å². The summed E-state index contributed by atoms with van der Waals surface area (Å²) < 4.78 is -0.0321. The quantitative estimate of drug-likeness (QED) is 0.187. The Bertz CT molecular complexity index is 232. The molecule has 0 heterocycles. The van der Waals surface area contributed by atoms with Crippen LogP contribution in [0.3, 0.4) is 0 Å². The number of carbonyl (C=O) groups excluding carboxylic acids is 2. The zero-order valence-electron chi connectivity index (χ0n) is 7.36. The summed E-state index contributed by atoms with van der Waals surface area (Å²) in [6.45, 7) is 2.50. The zero-order chi connectivity index (χ0) is 10.1. The van der Waals surface area contributed by atoms with Crippen LogP contribution >= 0.6 is 22.6 Å². The summed E-state index contributed by atoms with van der Waals surface area (Å²) in [5.41, 5.74) is 0. The summed E-state index contributed by atoms with van der Waals surface area (Å²) in [6, 6.07) is 0. The third-order valence-electron chi connectivity index (χ3n) is 1.64. The smallest absolute Gasteiger partial charge is 0.211 e. The highest BCUT2D eigenvalue weighted by molar-refractivity contribution is 14.1. The van der Waals surface area contributed by atoms with Gasteiger partial charge >= 0.3 is 0 Å². The van der Waals surface area contributed by atoms with Crippen molar-refractivity contribution in [3.8, 4) is 0 Å². The summed E-state index contributed by atoms with van der Waals surface area (Å²) >= 11 is 2.09. The Morgan fingerprint density at radius 2 is 2.08 bits per heavy atom. The number of nitrogens with zero attached hydrogens (tertiary/aromatic N) is 2. The topological polar surface area (TPSA) is 58.9 Å². The van der Waals surface area contributed by atoms with Crippen LogP contribution in [0.2, 0.25) is 0 Å². The van der Waals surface area contributed by atoms with Gasteiger partial charge in [0.1, 0.15) is 4.05 Å². The highest BCUT2D eigenvalue weighted by atomic mass is 127. The molecule has 0 aliphatic heterocycles. The summed E-state index contributed by atoms with van der Waals surface area (Å²) in [5.74, 6) is 0.309. The summed E-state index contributed by atoms with van der Waals surface area (Å²) in [4.78, 5) is 26.7. The largest absolute Gasteiger partial charge is 0.236 e. The van der Waals surface area contributed by atoms with Crippen LogP contribution in [0.5, 0.6) is 0 Å². The number of aliphatic imine (C=N–C) groups is 2. The van der Waals surface area contributed by atoms with Crippen LogP contribution < -0.4 is 0 Å². The lowest BCUT2D eigenvalue weighted by Gasteiger charge is -2.11. The van der Waals surface area contributed by atoms with Gasteiger partial charge in [-0.15, -0.1) is 0 Å². The number of alkyl halides is 1. The standard InChI is InChI=1S/C8H11IN2O2/c1-7(8(9)11-6-13)3-2-4-10-5-12/h7-8H,2-4H2,1H3. The van der Waals surface area contributed by atoms with Crippen molar-refractivity contribution in [2.24, 2.45) is 15.9 Å². The number of halogens is 1. The minimum atomic E-state index is -0.0321. The van der Waals surface area contributed by atoms with Gasteiger partial charge in [-0.25, -0.2) is 14.6 Å². The minimum absolute atomic E-state index is 0.0321. The molecule has 0 fully saturated rings. The molecule has 0 aliphatic carbocycles. The van der Waals surface area contributed by atoms with Gasteiger partial charge in [-0.1, -0.05) is 29.5 Å². The van der Waals surface area contributed by atoms with Gasteiger partial charge in [0.25, 0.3) is 0 Å². The number of hydrogen-bond acceptors (Lipinski definition) is 4. The summed E-state index contributed by atoms with van der Waals surface area (Å²) in [7, 11) is 0. The van der Waals surface area contributed by atoms with E-state index in [1.165, 1.54) is 12.2 Å². The molecule has 4 nitrogen and oxygen atoms in total. The molecular weight excluding hydrogens is 283 g/mol. The molecule has 2 atom stereocenters. The maximum atomic E-state index is 9.93. The molecular formula is C8H11IN2O2. The van der Waals surface area contributed by atoms with Crippen molar-refractivity contribution in [3.63, 3.8) is 0 Å². The lowest BCUT2D eigenvalue weighted by molar-refractivity contribution is 0.505. The van der Waals surface area contributed by atoms with Crippen LogP contribution in [0.25, 0.3) is 0 Å². The second-order valence-corrected chi connectivity index (χ2v) is 3.96. The average Bonchev–Trinajstić information content (AvgIpc) is 2.12. The van der Waals surface area contributed by atoms with Crippen LogP contribution in [-0.4, -0.2) is 22.8 Å². The lowest BCUT2D eigenvalue weighted by atomic mass is 10.1. The first-order chi connectivity index (χ1) is 6.22. The summed E-state index contributed by atoms with van der Waals surface area (Å²) in [5, 5.41) is 0. The first-order valence-electron chi connectivity index (χ1n) is 3.97. The zero-order valence-corrected chi connectivity index (χ0v) is 9.52. The fraction of sp³-hybridized carbons (Fsp3) is 0.750. The van der Waals surface area contributed by atoms with E-state index in [1.807, 2.05) is 6.92 Å². The maximum Gasteiger partial charge on any atom is 0.236 e. The van der Waals surface area contributed by atoms with Gasteiger partial charge in [0, 0.05) is 0 Å². The molecule has 0 aliphatic rings. The van der Waals surface area contributed by atoms with E-state index >= 15 is 0 Å². The van der Waals surface area contributed by atoms with Crippen molar-refractivity contribution < 1.29 is 9.59 Å². The molecule has 0 aromatic heterocycles. The van der Waals surface area contributed by atoms with Gasteiger partial charge in [0.05, 0.1) is 6.54 Å². The number of hydrogen-bond donors (Lipinski definition) is 0. The van der Waals surface area contributed by atoms with Gasteiger partial charge in [0.15, 0.2) is 0 Å². The van der Waals surface area contributed by atoms with Gasteiger partial charge < -0.3 is 0 Å². The molecule has 13 heavy (non-hydrogen) atoms. The third-order valence-corrected chi connectivity index (χ3v) is 3.15. The highest BCUT2D eigenvalue weighted by Gasteiger charge is 2.11. The van der Waals surface area contributed by atoms with E-state index < -0.39 is 0 Å². The van der Waals surface area contributed by atoms with Crippen molar-refractivity contribution >= 4 is 34.8 Å². The van der Waals surface area contributed by atoms with E-state index in [9.17, 15) is 9.59 Å². The molecule has 0 radical (unpaired) electrons. The normalized spacial score (nSPS) is 13.7. The molecule has 0 amide bonds. The minimum Gasteiger partial charge on any atom is -0.211 e.